The van der Waals surface area contributed by atoms with E-state index in [0.29, 0.717) is 37.9 Å². The number of rotatable bonds is 41. The number of carbonyl (C=O) groups excluding carboxylic acids is 2. The maximum absolute atomic E-state index is 12.9. The zero-order chi connectivity index (χ0) is 39.3. The molecule has 6 nitrogen and oxygen atoms in total. The van der Waals surface area contributed by atoms with Crippen molar-refractivity contribution >= 4 is 11.9 Å². The van der Waals surface area contributed by atoms with E-state index in [9.17, 15) is 9.59 Å². The summed E-state index contributed by atoms with van der Waals surface area (Å²) in [5, 5.41) is 0. The van der Waals surface area contributed by atoms with E-state index in [1.807, 2.05) is 0 Å². The number of carbonyl (C=O) groups is 2. The summed E-state index contributed by atoms with van der Waals surface area (Å²) in [7, 11) is 0. The lowest BCUT2D eigenvalue weighted by atomic mass is 9.91. The quantitative estimate of drug-likeness (QED) is 0.0457. The Hall–Kier alpha value is -1.14. The van der Waals surface area contributed by atoms with Crippen molar-refractivity contribution in [3.05, 3.63) is 0 Å². The van der Waals surface area contributed by atoms with Gasteiger partial charge in [-0.05, 0) is 82.8 Å². The predicted octanol–water partition coefficient (Wildman–Crippen LogP) is 13.5. The first-order chi connectivity index (χ1) is 26.5. The number of unbranched alkanes of at least 4 members (excludes halogenated alkanes) is 16. The van der Waals surface area contributed by atoms with E-state index in [0.717, 1.165) is 51.6 Å². The summed E-state index contributed by atoms with van der Waals surface area (Å²) in [4.78, 5) is 31.0. The van der Waals surface area contributed by atoms with Crippen LogP contribution >= 0.6 is 0 Å². The zero-order valence-corrected chi connectivity index (χ0v) is 37.1. The minimum absolute atomic E-state index is 0.0325. The van der Waals surface area contributed by atoms with Gasteiger partial charge in [0.05, 0.1) is 13.2 Å². The lowest BCUT2D eigenvalue weighted by molar-refractivity contribution is -0.146. The van der Waals surface area contributed by atoms with E-state index >= 15 is 0 Å². The molecule has 0 N–H and O–H groups in total. The molecular weight excluding hydrogens is 669 g/mol. The van der Waals surface area contributed by atoms with Crippen molar-refractivity contribution in [2.45, 2.75) is 240 Å². The molecule has 0 aromatic rings. The van der Waals surface area contributed by atoms with E-state index in [4.69, 9.17) is 9.47 Å². The van der Waals surface area contributed by atoms with Gasteiger partial charge in [-0.3, -0.25) is 14.5 Å². The third-order valence-electron chi connectivity index (χ3n) is 12.2. The van der Waals surface area contributed by atoms with Crippen LogP contribution < -0.4 is 0 Å². The van der Waals surface area contributed by atoms with Crippen LogP contribution in [0.5, 0.6) is 0 Å². The highest BCUT2D eigenvalue weighted by molar-refractivity contribution is 5.69. The van der Waals surface area contributed by atoms with Crippen molar-refractivity contribution < 1.29 is 19.1 Å². The van der Waals surface area contributed by atoms with Crippen LogP contribution in [-0.4, -0.2) is 73.7 Å². The Morgan fingerprint density at radius 3 is 1.20 bits per heavy atom. The van der Waals surface area contributed by atoms with Crippen molar-refractivity contribution in [1.29, 1.82) is 0 Å². The first kappa shape index (κ1) is 50.9. The van der Waals surface area contributed by atoms with Gasteiger partial charge >= 0.3 is 11.9 Å². The molecule has 0 radical (unpaired) electrons. The highest BCUT2D eigenvalue weighted by atomic mass is 16.5. The van der Waals surface area contributed by atoms with Crippen LogP contribution in [0.1, 0.15) is 234 Å². The standard InChI is InChI=1S/C48H94N2O4/c1-6-11-15-19-21-25-32-44(30-23-17-13-8-3)42-53-47(51)36-28-38-49(40-41-50(10-5)46-34-27-35-46)39-29-37-48(52)54-43-45(31-24-18-14-9-4)33-26-22-20-16-12-7-2/h44-46H,6-43H2,1-5H3. The SMILES string of the molecule is CCCCCCCCC(CCCCCC)COC(=O)CCCN(CCCC(=O)OCC(CCCCCC)CCCCCCCC)CCN(CC)C1CCC1. The lowest BCUT2D eigenvalue weighted by Gasteiger charge is -2.38. The molecule has 0 spiro atoms. The van der Waals surface area contributed by atoms with Gasteiger partial charge in [0.15, 0.2) is 0 Å². The molecule has 1 aliphatic carbocycles. The maximum atomic E-state index is 12.9. The molecule has 1 fully saturated rings. The van der Waals surface area contributed by atoms with Gasteiger partial charge < -0.3 is 14.4 Å². The van der Waals surface area contributed by atoms with Crippen LogP contribution in [0.2, 0.25) is 0 Å². The first-order valence-corrected chi connectivity index (χ1v) is 24.2. The third kappa shape index (κ3) is 29.1. The number of hydrogen-bond donors (Lipinski definition) is 0. The summed E-state index contributed by atoms with van der Waals surface area (Å²) >= 11 is 0. The molecule has 1 rings (SSSR count). The molecule has 2 unspecified atom stereocenters. The average Bonchev–Trinajstić information content (AvgIpc) is 3.15. The molecule has 0 amide bonds. The molecule has 0 aromatic heterocycles. The van der Waals surface area contributed by atoms with Gasteiger partial charge in [-0.15, -0.1) is 0 Å². The molecule has 54 heavy (non-hydrogen) atoms. The molecule has 2 atom stereocenters. The summed E-state index contributed by atoms with van der Waals surface area (Å²) in [6.07, 6.45) is 37.3. The Morgan fingerprint density at radius 1 is 0.481 bits per heavy atom. The van der Waals surface area contributed by atoms with Crippen molar-refractivity contribution in [2.75, 3.05) is 45.9 Å². The Bertz CT molecular complexity index is 780. The number of nitrogens with zero attached hydrogens (tertiary/aromatic N) is 2. The van der Waals surface area contributed by atoms with Crippen LogP contribution in [0.25, 0.3) is 0 Å². The van der Waals surface area contributed by atoms with Crippen LogP contribution in [0, 0.1) is 11.8 Å². The third-order valence-corrected chi connectivity index (χ3v) is 12.2. The Balaban J connectivity index is 2.56. The largest absolute Gasteiger partial charge is 0.465 e. The molecule has 6 heteroatoms. The van der Waals surface area contributed by atoms with Gasteiger partial charge in [0.1, 0.15) is 0 Å². The van der Waals surface area contributed by atoms with Crippen LogP contribution in [0.15, 0.2) is 0 Å². The minimum Gasteiger partial charge on any atom is -0.465 e. The van der Waals surface area contributed by atoms with Gasteiger partial charge in [0.2, 0.25) is 0 Å². The Labute approximate surface area is 337 Å². The van der Waals surface area contributed by atoms with Gasteiger partial charge in [-0.25, -0.2) is 0 Å². The van der Waals surface area contributed by atoms with E-state index in [1.165, 1.54) is 173 Å². The molecule has 0 aromatic carbocycles. The first-order valence-electron chi connectivity index (χ1n) is 24.2. The summed E-state index contributed by atoms with van der Waals surface area (Å²) in [5.74, 6) is 0.947. The number of esters is 2. The monoisotopic (exact) mass is 763 g/mol. The molecule has 0 saturated heterocycles. The molecular formula is C48H94N2O4. The fourth-order valence-corrected chi connectivity index (χ4v) is 8.18. The summed E-state index contributed by atoms with van der Waals surface area (Å²) < 4.78 is 11.8. The number of likely N-dealkylation sites (N-methyl/N-ethyl adjacent to an activating group) is 1. The highest BCUT2D eigenvalue weighted by Crippen LogP contribution is 2.25. The normalized spacial score (nSPS) is 14.4. The molecule has 1 aliphatic rings. The second kappa shape index (κ2) is 37.4. The van der Waals surface area contributed by atoms with Gasteiger partial charge in [0, 0.05) is 32.0 Å². The van der Waals surface area contributed by atoms with Crippen molar-refractivity contribution in [3.8, 4) is 0 Å². The Morgan fingerprint density at radius 2 is 0.852 bits per heavy atom. The summed E-state index contributed by atoms with van der Waals surface area (Å²) in [6.45, 7) is 17.4. The van der Waals surface area contributed by atoms with E-state index in [2.05, 4.69) is 44.4 Å². The van der Waals surface area contributed by atoms with Crippen LogP contribution in [0.4, 0.5) is 0 Å². The maximum Gasteiger partial charge on any atom is 0.305 e. The fourth-order valence-electron chi connectivity index (χ4n) is 8.18. The predicted molar refractivity (Wildman–Crippen MR) is 232 cm³/mol. The molecule has 0 aliphatic heterocycles. The molecule has 0 heterocycles. The highest BCUT2D eigenvalue weighted by Gasteiger charge is 2.24. The second-order valence-corrected chi connectivity index (χ2v) is 17.2. The van der Waals surface area contributed by atoms with Crippen molar-refractivity contribution in [1.82, 2.24) is 9.80 Å². The average molecular weight is 763 g/mol. The van der Waals surface area contributed by atoms with Crippen LogP contribution in [0.3, 0.4) is 0 Å². The zero-order valence-electron chi connectivity index (χ0n) is 37.1. The topological polar surface area (TPSA) is 59.1 Å². The smallest absolute Gasteiger partial charge is 0.305 e. The molecule has 320 valence electrons. The van der Waals surface area contributed by atoms with Gasteiger partial charge in [-0.2, -0.15) is 0 Å². The molecule has 0 bridgehead atoms. The number of hydrogen-bond acceptors (Lipinski definition) is 6. The van der Waals surface area contributed by atoms with Gasteiger partial charge in [-0.1, -0.05) is 169 Å². The van der Waals surface area contributed by atoms with E-state index in [-0.39, 0.29) is 11.9 Å². The molecule has 1 saturated carbocycles. The minimum atomic E-state index is -0.0325. The fraction of sp³-hybridized carbons (Fsp3) is 0.958. The van der Waals surface area contributed by atoms with Crippen molar-refractivity contribution in [3.63, 3.8) is 0 Å². The van der Waals surface area contributed by atoms with E-state index in [1.54, 1.807) is 0 Å². The summed E-state index contributed by atoms with van der Waals surface area (Å²) in [5.41, 5.74) is 0. The van der Waals surface area contributed by atoms with Crippen molar-refractivity contribution in [2.24, 2.45) is 11.8 Å². The lowest BCUT2D eigenvalue weighted by Crippen LogP contribution is -2.44. The van der Waals surface area contributed by atoms with E-state index < -0.39 is 0 Å². The Kier molecular flexibility index (Phi) is 35.3. The second-order valence-electron chi connectivity index (χ2n) is 17.2. The number of ether oxygens (including phenoxy) is 2. The van der Waals surface area contributed by atoms with Crippen LogP contribution in [-0.2, 0) is 19.1 Å². The summed E-state index contributed by atoms with van der Waals surface area (Å²) in [6, 6.07) is 0.735. The van der Waals surface area contributed by atoms with Gasteiger partial charge in [0.25, 0.3) is 0 Å².